The molecule has 0 unspecified atom stereocenters. The molecule has 0 aliphatic rings. The highest BCUT2D eigenvalue weighted by molar-refractivity contribution is 6.35. The number of amides is 2. The number of carbonyl (C=O) groups excluding carboxylic acids is 2. The van der Waals surface area contributed by atoms with Gasteiger partial charge in [-0.25, -0.2) is 0 Å². The third-order valence-electron chi connectivity index (χ3n) is 4.23. The second-order valence-corrected chi connectivity index (χ2v) is 6.34. The zero-order valence-electron chi connectivity index (χ0n) is 15.6. The quantitative estimate of drug-likeness (QED) is 0.262. The second kappa shape index (κ2) is 9.33. The van der Waals surface area contributed by atoms with E-state index in [0.29, 0.717) is 16.8 Å². The molecule has 29 heavy (non-hydrogen) atoms. The lowest BCUT2D eigenvalue weighted by atomic mass is 10.1. The Kier molecular flexibility index (Phi) is 6.60. The number of benzene rings is 1. The van der Waals surface area contributed by atoms with Crippen LogP contribution in [-0.4, -0.2) is 40.4 Å². The summed E-state index contributed by atoms with van der Waals surface area (Å²) in [5, 5.41) is 24.0. The predicted molar refractivity (Wildman–Crippen MR) is 104 cm³/mol. The van der Waals surface area contributed by atoms with Gasteiger partial charge in [-0.15, -0.1) is 0 Å². The monoisotopic (exact) mass is 397 g/mol. The molecular weight excluding hydrogens is 377 g/mol. The van der Waals surface area contributed by atoms with E-state index in [2.05, 4.69) is 15.6 Å². The number of furan rings is 1. The maximum Gasteiger partial charge on any atom is 0.635 e. The lowest BCUT2D eigenvalue weighted by Crippen LogP contribution is -2.48. The molecule has 0 saturated heterocycles. The molecule has 0 fully saturated rings. The summed E-state index contributed by atoms with van der Waals surface area (Å²) in [6.45, 7) is 1.69. The van der Waals surface area contributed by atoms with Gasteiger partial charge in [0.25, 0.3) is 0 Å². The minimum atomic E-state index is -2.13. The number of nitrogens with one attached hydrogen (secondary N) is 2. The van der Waals surface area contributed by atoms with Crippen molar-refractivity contribution in [2.75, 3.05) is 0 Å². The second-order valence-electron chi connectivity index (χ2n) is 6.34. The topological polar surface area (TPSA) is 134 Å². The molecule has 9 nitrogen and oxygen atoms in total. The van der Waals surface area contributed by atoms with E-state index < -0.39 is 31.4 Å². The first-order valence-electron chi connectivity index (χ1n) is 8.93. The molecule has 0 spiro atoms. The standard InChI is InChI=1S/C19H20BN3O6/c1-12(15-7-4-5-9-21-15)22-18(24)19(25)23-17(29-20(26)27)10-13-11-28-16-8-3-2-6-14(13)16/h2-9,11-12,17,26-27H,10H2,1H3,(H,22,24)(H,23,25)/t12-,17-/m1/s1. The fraction of sp³-hybridized carbons (Fsp3) is 0.211. The summed E-state index contributed by atoms with van der Waals surface area (Å²) < 4.78 is 10.4. The molecule has 2 aromatic heterocycles. The lowest BCUT2D eigenvalue weighted by Gasteiger charge is -2.19. The van der Waals surface area contributed by atoms with Gasteiger partial charge in [0, 0.05) is 23.6 Å². The van der Waals surface area contributed by atoms with Crippen LogP contribution in [0.3, 0.4) is 0 Å². The molecule has 0 radical (unpaired) electrons. The van der Waals surface area contributed by atoms with Crippen molar-refractivity contribution in [1.29, 1.82) is 0 Å². The average Bonchev–Trinajstić information content (AvgIpc) is 3.11. The van der Waals surface area contributed by atoms with Gasteiger partial charge in [-0.1, -0.05) is 24.3 Å². The van der Waals surface area contributed by atoms with Gasteiger partial charge >= 0.3 is 19.1 Å². The third-order valence-corrected chi connectivity index (χ3v) is 4.23. The molecule has 0 bridgehead atoms. The van der Waals surface area contributed by atoms with E-state index in [9.17, 15) is 9.59 Å². The Balaban J connectivity index is 1.66. The Labute approximate surface area is 166 Å². The largest absolute Gasteiger partial charge is 0.635 e. The molecule has 10 heteroatoms. The van der Waals surface area contributed by atoms with Crippen molar-refractivity contribution in [1.82, 2.24) is 15.6 Å². The number of pyridine rings is 1. The third kappa shape index (κ3) is 5.41. The van der Waals surface area contributed by atoms with Crippen molar-refractivity contribution >= 4 is 30.1 Å². The van der Waals surface area contributed by atoms with Gasteiger partial charge in [0.15, 0.2) is 0 Å². The molecule has 0 aliphatic carbocycles. The highest BCUT2D eigenvalue weighted by Crippen LogP contribution is 2.22. The van der Waals surface area contributed by atoms with Crippen molar-refractivity contribution in [3.8, 4) is 0 Å². The van der Waals surface area contributed by atoms with Crippen LogP contribution in [0.2, 0.25) is 0 Å². The van der Waals surface area contributed by atoms with E-state index in [0.717, 1.165) is 5.39 Å². The fourth-order valence-electron chi connectivity index (χ4n) is 2.85. The number of fused-ring (bicyclic) bond motifs is 1. The van der Waals surface area contributed by atoms with Crippen molar-refractivity contribution in [2.24, 2.45) is 0 Å². The highest BCUT2D eigenvalue weighted by Gasteiger charge is 2.25. The molecule has 3 aromatic rings. The summed E-state index contributed by atoms with van der Waals surface area (Å²) >= 11 is 0. The molecule has 1 aromatic carbocycles. The van der Waals surface area contributed by atoms with Crippen LogP contribution in [0.4, 0.5) is 0 Å². The zero-order valence-corrected chi connectivity index (χ0v) is 15.6. The van der Waals surface area contributed by atoms with Gasteiger partial charge in [0.1, 0.15) is 11.8 Å². The highest BCUT2D eigenvalue weighted by atomic mass is 16.6. The Morgan fingerprint density at radius 2 is 1.86 bits per heavy atom. The van der Waals surface area contributed by atoms with Crippen molar-refractivity contribution in [2.45, 2.75) is 25.6 Å². The van der Waals surface area contributed by atoms with Crippen LogP contribution in [0.25, 0.3) is 11.0 Å². The average molecular weight is 397 g/mol. The first kappa shape index (κ1) is 20.5. The van der Waals surface area contributed by atoms with E-state index in [-0.39, 0.29) is 6.42 Å². The van der Waals surface area contributed by atoms with Crippen LogP contribution in [0.15, 0.2) is 59.3 Å². The van der Waals surface area contributed by atoms with Crippen LogP contribution in [0, 0.1) is 0 Å². The summed E-state index contributed by atoms with van der Waals surface area (Å²) in [4.78, 5) is 28.6. The number of rotatable bonds is 7. The molecule has 0 saturated carbocycles. The van der Waals surface area contributed by atoms with E-state index in [1.807, 2.05) is 18.2 Å². The van der Waals surface area contributed by atoms with Crippen LogP contribution < -0.4 is 10.6 Å². The van der Waals surface area contributed by atoms with Crippen molar-refractivity contribution < 1.29 is 28.7 Å². The number of carbonyl (C=O) groups is 2. The fourth-order valence-corrected chi connectivity index (χ4v) is 2.85. The van der Waals surface area contributed by atoms with Gasteiger partial charge in [-0.05, 0) is 25.1 Å². The predicted octanol–water partition coefficient (Wildman–Crippen LogP) is 0.676. The Hall–Kier alpha value is -3.21. The van der Waals surface area contributed by atoms with Crippen LogP contribution in [0.1, 0.15) is 24.2 Å². The molecule has 3 rings (SSSR count). The SMILES string of the molecule is C[C@@H](NC(=O)C(=O)N[C@@H](Cc1coc2ccccc12)OB(O)O)c1ccccn1. The molecule has 2 heterocycles. The number of hydrogen-bond acceptors (Lipinski definition) is 7. The first-order chi connectivity index (χ1) is 13.9. The van der Waals surface area contributed by atoms with E-state index >= 15 is 0 Å². The van der Waals surface area contributed by atoms with Gasteiger partial charge in [-0.2, -0.15) is 0 Å². The molecular formula is C19H20BN3O6. The van der Waals surface area contributed by atoms with Crippen molar-refractivity contribution in [3.05, 3.63) is 66.2 Å². The maximum absolute atomic E-state index is 12.3. The molecule has 4 N–H and O–H groups in total. The van der Waals surface area contributed by atoms with Gasteiger partial charge < -0.3 is 29.8 Å². The summed E-state index contributed by atoms with van der Waals surface area (Å²) in [5.74, 6) is -1.88. The summed E-state index contributed by atoms with van der Waals surface area (Å²) in [6, 6.07) is 12.0. The van der Waals surface area contributed by atoms with Gasteiger partial charge in [0.2, 0.25) is 0 Å². The molecule has 0 aliphatic heterocycles. The minimum Gasteiger partial charge on any atom is -0.464 e. The zero-order chi connectivity index (χ0) is 20.8. The first-order valence-corrected chi connectivity index (χ1v) is 8.93. The summed E-state index contributed by atoms with van der Waals surface area (Å²) in [5.41, 5.74) is 1.91. The number of nitrogens with zero attached hydrogens (tertiary/aromatic N) is 1. The Bertz CT molecular complexity index is 978. The minimum absolute atomic E-state index is 0.0590. The van der Waals surface area contributed by atoms with Gasteiger partial charge in [-0.3, -0.25) is 14.6 Å². The summed E-state index contributed by atoms with van der Waals surface area (Å²) in [7, 11) is -2.13. The van der Waals surface area contributed by atoms with Crippen LogP contribution in [0.5, 0.6) is 0 Å². The molecule has 150 valence electrons. The Morgan fingerprint density at radius 1 is 1.14 bits per heavy atom. The van der Waals surface area contributed by atoms with E-state index in [1.54, 1.807) is 37.4 Å². The van der Waals surface area contributed by atoms with Crippen LogP contribution in [-0.2, 0) is 20.7 Å². The number of hydrogen-bond donors (Lipinski definition) is 4. The van der Waals surface area contributed by atoms with E-state index in [1.165, 1.54) is 6.26 Å². The molecule has 2 atom stereocenters. The summed E-state index contributed by atoms with van der Waals surface area (Å²) in [6.07, 6.45) is 1.96. The Morgan fingerprint density at radius 3 is 2.59 bits per heavy atom. The number of aromatic nitrogens is 1. The number of para-hydroxylation sites is 1. The van der Waals surface area contributed by atoms with Gasteiger partial charge in [0.05, 0.1) is 18.0 Å². The maximum atomic E-state index is 12.3. The van der Waals surface area contributed by atoms with Crippen molar-refractivity contribution in [3.63, 3.8) is 0 Å². The van der Waals surface area contributed by atoms with Crippen LogP contribution >= 0.6 is 0 Å². The normalized spacial score (nSPS) is 12.9. The molecule has 2 amide bonds. The smallest absolute Gasteiger partial charge is 0.464 e. The lowest BCUT2D eigenvalue weighted by molar-refractivity contribution is -0.141. The van der Waals surface area contributed by atoms with E-state index in [4.69, 9.17) is 19.1 Å².